The number of para-hydroxylation sites is 1. The summed E-state index contributed by atoms with van der Waals surface area (Å²) in [6.07, 6.45) is 0.281. The van der Waals surface area contributed by atoms with Gasteiger partial charge in [0.1, 0.15) is 11.9 Å². The van der Waals surface area contributed by atoms with Crippen LogP contribution < -0.4 is 10.1 Å². The molecule has 5 heteroatoms. The number of aliphatic carboxylic acids is 1. The van der Waals surface area contributed by atoms with Crippen LogP contribution in [0.25, 0.3) is 0 Å². The fourth-order valence-corrected chi connectivity index (χ4v) is 1.91. The first-order valence-electron chi connectivity index (χ1n) is 6.30. The number of rotatable bonds is 6. The number of nitrogens with one attached hydrogen (secondary N) is 1. The van der Waals surface area contributed by atoms with E-state index >= 15 is 0 Å². The van der Waals surface area contributed by atoms with Gasteiger partial charge in [-0.3, -0.25) is 9.59 Å². The molecular weight excluding hydrogens is 246 g/mol. The Bertz CT molecular complexity index is 460. The van der Waals surface area contributed by atoms with E-state index in [1.54, 1.807) is 0 Å². The lowest BCUT2D eigenvalue weighted by molar-refractivity contribution is -0.140. The van der Waals surface area contributed by atoms with Crippen molar-refractivity contribution in [2.75, 3.05) is 6.54 Å². The molecule has 0 spiro atoms. The van der Waals surface area contributed by atoms with Crippen molar-refractivity contribution in [1.29, 1.82) is 0 Å². The molecule has 0 heterocycles. The molecule has 5 nitrogen and oxygen atoms in total. The number of carbonyl (C=O) groups is 2. The zero-order valence-corrected chi connectivity index (χ0v) is 10.7. The number of carboxylic acid groups (broad SMARTS) is 1. The van der Waals surface area contributed by atoms with Gasteiger partial charge in [-0.25, -0.2) is 0 Å². The Balaban J connectivity index is 1.71. The van der Waals surface area contributed by atoms with Crippen LogP contribution in [-0.4, -0.2) is 29.6 Å². The third-order valence-corrected chi connectivity index (χ3v) is 3.09. The van der Waals surface area contributed by atoms with Crippen LogP contribution in [0.15, 0.2) is 30.3 Å². The van der Waals surface area contributed by atoms with E-state index in [1.807, 2.05) is 37.3 Å². The number of carboxylic acids is 1. The van der Waals surface area contributed by atoms with E-state index in [0.29, 0.717) is 13.0 Å². The second-order valence-electron chi connectivity index (χ2n) is 4.77. The van der Waals surface area contributed by atoms with Gasteiger partial charge in [-0.1, -0.05) is 18.2 Å². The molecule has 1 fully saturated rings. The fraction of sp³-hybridized carbons (Fsp3) is 0.429. The number of hydrogen-bond donors (Lipinski definition) is 2. The summed E-state index contributed by atoms with van der Waals surface area (Å²) in [5.41, 5.74) is 0. The van der Waals surface area contributed by atoms with Crippen molar-refractivity contribution in [3.63, 3.8) is 0 Å². The minimum absolute atomic E-state index is 0.159. The lowest BCUT2D eigenvalue weighted by Gasteiger charge is -2.15. The molecular formula is C14H17NO4. The summed E-state index contributed by atoms with van der Waals surface area (Å²) < 4.78 is 5.61. The van der Waals surface area contributed by atoms with Crippen molar-refractivity contribution in [1.82, 2.24) is 5.32 Å². The number of hydrogen-bond acceptors (Lipinski definition) is 3. The Labute approximate surface area is 111 Å². The number of amides is 1. The molecule has 1 saturated carbocycles. The normalized spacial score (nSPS) is 22.4. The van der Waals surface area contributed by atoms with E-state index in [-0.39, 0.29) is 17.9 Å². The van der Waals surface area contributed by atoms with Crippen LogP contribution >= 0.6 is 0 Å². The highest BCUT2D eigenvalue weighted by Crippen LogP contribution is 2.38. The molecule has 0 unspecified atom stereocenters. The molecule has 0 aliphatic heterocycles. The zero-order valence-electron chi connectivity index (χ0n) is 10.7. The number of carbonyl (C=O) groups excluding carboxylic acids is 1. The predicted octanol–water partition coefficient (Wildman–Crippen LogP) is 1.29. The molecule has 1 aromatic rings. The first-order chi connectivity index (χ1) is 9.08. The Morgan fingerprint density at radius 1 is 1.37 bits per heavy atom. The van der Waals surface area contributed by atoms with Crippen LogP contribution in [0.3, 0.4) is 0 Å². The minimum atomic E-state index is -0.895. The highest BCUT2D eigenvalue weighted by molar-refractivity contribution is 5.89. The highest BCUT2D eigenvalue weighted by atomic mass is 16.5. The van der Waals surface area contributed by atoms with Crippen LogP contribution in [-0.2, 0) is 9.59 Å². The SMILES string of the molecule is C[C@H](CNC(=O)[C@H]1C[C@H]1C(=O)O)Oc1ccccc1. The summed E-state index contributed by atoms with van der Waals surface area (Å²) in [6, 6.07) is 9.35. The number of ether oxygens (including phenoxy) is 1. The van der Waals surface area contributed by atoms with Gasteiger partial charge in [0.05, 0.1) is 18.4 Å². The Morgan fingerprint density at radius 3 is 2.63 bits per heavy atom. The first-order valence-corrected chi connectivity index (χ1v) is 6.30. The Hall–Kier alpha value is -2.04. The van der Waals surface area contributed by atoms with Crippen molar-refractivity contribution >= 4 is 11.9 Å². The summed E-state index contributed by atoms with van der Waals surface area (Å²) in [5.74, 6) is -1.23. The number of benzene rings is 1. The van der Waals surface area contributed by atoms with Crippen molar-refractivity contribution in [2.24, 2.45) is 11.8 Å². The second-order valence-corrected chi connectivity index (χ2v) is 4.77. The van der Waals surface area contributed by atoms with Gasteiger partial charge in [-0.2, -0.15) is 0 Å². The lowest BCUT2D eigenvalue weighted by Crippen LogP contribution is -2.35. The maximum Gasteiger partial charge on any atom is 0.307 e. The van der Waals surface area contributed by atoms with Gasteiger partial charge >= 0.3 is 5.97 Å². The Kier molecular flexibility index (Phi) is 4.04. The van der Waals surface area contributed by atoms with Crippen LogP contribution in [0.4, 0.5) is 0 Å². The van der Waals surface area contributed by atoms with Crippen molar-refractivity contribution < 1.29 is 19.4 Å². The van der Waals surface area contributed by atoms with Crippen LogP contribution in [0.5, 0.6) is 5.75 Å². The standard InChI is InChI=1S/C14H17NO4/c1-9(19-10-5-3-2-4-6-10)8-15-13(16)11-7-12(11)14(17)18/h2-6,9,11-12H,7-8H2,1H3,(H,15,16)(H,17,18)/t9-,11+,12-/m1/s1. The monoisotopic (exact) mass is 263 g/mol. The maximum absolute atomic E-state index is 11.6. The highest BCUT2D eigenvalue weighted by Gasteiger charge is 2.48. The van der Waals surface area contributed by atoms with E-state index in [9.17, 15) is 9.59 Å². The molecule has 2 rings (SSSR count). The van der Waals surface area contributed by atoms with Gasteiger partial charge < -0.3 is 15.2 Å². The lowest BCUT2D eigenvalue weighted by atomic mass is 10.3. The maximum atomic E-state index is 11.6. The summed E-state index contributed by atoms with van der Waals surface area (Å²) in [5, 5.41) is 11.5. The average Bonchev–Trinajstić information content (AvgIpc) is 3.17. The van der Waals surface area contributed by atoms with Crippen molar-refractivity contribution in [2.45, 2.75) is 19.4 Å². The predicted molar refractivity (Wildman–Crippen MR) is 68.8 cm³/mol. The van der Waals surface area contributed by atoms with Crippen LogP contribution in [0.2, 0.25) is 0 Å². The minimum Gasteiger partial charge on any atom is -0.489 e. The van der Waals surface area contributed by atoms with E-state index < -0.39 is 11.9 Å². The van der Waals surface area contributed by atoms with Crippen LogP contribution in [0, 0.1) is 11.8 Å². The molecule has 1 aliphatic rings. The van der Waals surface area contributed by atoms with Crippen molar-refractivity contribution in [3.8, 4) is 5.75 Å². The molecule has 1 aromatic carbocycles. The summed E-state index contributed by atoms with van der Waals surface area (Å²) in [4.78, 5) is 22.3. The molecule has 1 aliphatic carbocycles. The van der Waals surface area contributed by atoms with Gasteiger partial charge in [0.15, 0.2) is 0 Å². The van der Waals surface area contributed by atoms with Gasteiger partial charge in [0.2, 0.25) is 5.91 Å². The third kappa shape index (κ3) is 3.71. The fourth-order valence-electron chi connectivity index (χ4n) is 1.91. The quantitative estimate of drug-likeness (QED) is 0.811. The molecule has 0 bridgehead atoms. The average molecular weight is 263 g/mol. The van der Waals surface area contributed by atoms with Gasteiger partial charge in [-0.05, 0) is 25.5 Å². The second kappa shape index (κ2) is 5.73. The molecule has 2 N–H and O–H groups in total. The summed E-state index contributed by atoms with van der Waals surface area (Å²) >= 11 is 0. The van der Waals surface area contributed by atoms with E-state index in [2.05, 4.69) is 5.32 Å². The van der Waals surface area contributed by atoms with Crippen LogP contribution in [0.1, 0.15) is 13.3 Å². The molecule has 3 atom stereocenters. The topological polar surface area (TPSA) is 75.6 Å². The van der Waals surface area contributed by atoms with E-state index in [1.165, 1.54) is 0 Å². The molecule has 102 valence electrons. The smallest absolute Gasteiger partial charge is 0.307 e. The van der Waals surface area contributed by atoms with Gasteiger partial charge in [0.25, 0.3) is 0 Å². The molecule has 0 saturated heterocycles. The van der Waals surface area contributed by atoms with Crippen molar-refractivity contribution in [3.05, 3.63) is 30.3 Å². The molecule has 0 aromatic heterocycles. The summed E-state index contributed by atoms with van der Waals surface area (Å²) in [6.45, 7) is 2.23. The van der Waals surface area contributed by atoms with Gasteiger partial charge in [-0.15, -0.1) is 0 Å². The van der Waals surface area contributed by atoms with E-state index in [0.717, 1.165) is 5.75 Å². The molecule has 19 heavy (non-hydrogen) atoms. The zero-order chi connectivity index (χ0) is 13.8. The molecule has 1 amide bonds. The Morgan fingerprint density at radius 2 is 2.05 bits per heavy atom. The largest absolute Gasteiger partial charge is 0.489 e. The van der Waals surface area contributed by atoms with Gasteiger partial charge in [0, 0.05) is 0 Å². The molecule has 0 radical (unpaired) electrons. The van der Waals surface area contributed by atoms with E-state index in [4.69, 9.17) is 9.84 Å². The first kappa shape index (κ1) is 13.4. The third-order valence-electron chi connectivity index (χ3n) is 3.09. The summed E-state index contributed by atoms with van der Waals surface area (Å²) in [7, 11) is 0.